The quantitative estimate of drug-likeness (QED) is 0.671. The standard InChI is InChI=1S/C23H25ClN4O/c1-27-15-17(14-25-27)16-28-10-8-18(9-11-28)23(29)26-22-7-3-5-20(13-22)19-4-2-6-21(24)12-19/h2-7,12-15,18H,8-11,16H2,1H3,(H,26,29). The molecule has 0 atom stereocenters. The number of benzene rings is 2. The topological polar surface area (TPSA) is 50.2 Å². The van der Waals surface area contributed by atoms with Crippen LogP contribution in [0.1, 0.15) is 18.4 Å². The number of nitrogens with zero attached hydrogens (tertiary/aromatic N) is 3. The minimum Gasteiger partial charge on any atom is -0.326 e. The molecule has 5 nitrogen and oxygen atoms in total. The van der Waals surface area contributed by atoms with E-state index >= 15 is 0 Å². The molecule has 4 rings (SSSR count). The summed E-state index contributed by atoms with van der Waals surface area (Å²) in [6, 6.07) is 15.7. The molecule has 1 aliphatic rings. The lowest BCUT2D eigenvalue weighted by Gasteiger charge is -2.30. The van der Waals surface area contributed by atoms with Crippen LogP contribution >= 0.6 is 11.6 Å². The average molecular weight is 409 g/mol. The smallest absolute Gasteiger partial charge is 0.227 e. The van der Waals surface area contributed by atoms with Crippen molar-refractivity contribution < 1.29 is 4.79 Å². The van der Waals surface area contributed by atoms with Crippen molar-refractivity contribution in [3.05, 3.63) is 71.5 Å². The van der Waals surface area contributed by atoms with Gasteiger partial charge in [-0.15, -0.1) is 0 Å². The van der Waals surface area contributed by atoms with E-state index in [0.717, 1.165) is 49.3 Å². The second-order valence-corrected chi connectivity index (χ2v) is 8.09. The highest BCUT2D eigenvalue weighted by molar-refractivity contribution is 6.30. The molecule has 29 heavy (non-hydrogen) atoms. The molecular formula is C23H25ClN4O. The molecule has 1 N–H and O–H groups in total. The van der Waals surface area contributed by atoms with E-state index in [0.29, 0.717) is 5.02 Å². The van der Waals surface area contributed by atoms with Gasteiger partial charge in [0.2, 0.25) is 5.91 Å². The molecular weight excluding hydrogens is 384 g/mol. The van der Waals surface area contributed by atoms with E-state index < -0.39 is 0 Å². The number of likely N-dealkylation sites (tertiary alicyclic amines) is 1. The van der Waals surface area contributed by atoms with Gasteiger partial charge in [-0.25, -0.2) is 0 Å². The molecule has 0 unspecified atom stereocenters. The summed E-state index contributed by atoms with van der Waals surface area (Å²) >= 11 is 6.11. The monoisotopic (exact) mass is 408 g/mol. The highest BCUT2D eigenvalue weighted by Crippen LogP contribution is 2.26. The van der Waals surface area contributed by atoms with E-state index in [9.17, 15) is 4.79 Å². The fourth-order valence-electron chi connectivity index (χ4n) is 3.85. The fraction of sp³-hybridized carbons (Fsp3) is 0.304. The van der Waals surface area contributed by atoms with E-state index in [-0.39, 0.29) is 11.8 Å². The number of rotatable bonds is 5. The molecule has 1 aliphatic heterocycles. The van der Waals surface area contributed by atoms with E-state index in [1.165, 1.54) is 5.56 Å². The predicted octanol–water partition coefficient (Wildman–Crippen LogP) is 4.59. The lowest BCUT2D eigenvalue weighted by Crippen LogP contribution is -2.37. The SMILES string of the molecule is Cn1cc(CN2CCC(C(=O)Nc3cccc(-c4cccc(Cl)c4)c3)CC2)cn1. The predicted molar refractivity (Wildman–Crippen MR) is 117 cm³/mol. The maximum atomic E-state index is 12.8. The van der Waals surface area contributed by atoms with Crippen LogP contribution in [-0.4, -0.2) is 33.7 Å². The van der Waals surface area contributed by atoms with Gasteiger partial charge in [0.1, 0.15) is 0 Å². The largest absolute Gasteiger partial charge is 0.326 e. The molecule has 0 bridgehead atoms. The molecule has 150 valence electrons. The summed E-state index contributed by atoms with van der Waals surface area (Å²) in [5, 5.41) is 8.03. The summed E-state index contributed by atoms with van der Waals surface area (Å²) in [6.45, 7) is 2.74. The maximum absolute atomic E-state index is 12.8. The van der Waals surface area contributed by atoms with Crippen molar-refractivity contribution in [2.24, 2.45) is 13.0 Å². The highest BCUT2D eigenvalue weighted by atomic mass is 35.5. The molecule has 1 fully saturated rings. The second kappa shape index (κ2) is 8.80. The summed E-state index contributed by atoms with van der Waals surface area (Å²) in [5.41, 5.74) is 4.12. The second-order valence-electron chi connectivity index (χ2n) is 7.65. The Balaban J connectivity index is 1.33. The molecule has 0 saturated carbocycles. The third-order valence-electron chi connectivity index (χ3n) is 5.41. The average Bonchev–Trinajstić information content (AvgIpc) is 3.13. The Morgan fingerprint density at radius 2 is 1.86 bits per heavy atom. The summed E-state index contributed by atoms with van der Waals surface area (Å²) in [6.07, 6.45) is 5.71. The first-order chi connectivity index (χ1) is 14.1. The summed E-state index contributed by atoms with van der Waals surface area (Å²) in [5.74, 6) is 0.157. The van der Waals surface area contributed by atoms with Crippen molar-refractivity contribution in [1.82, 2.24) is 14.7 Å². The summed E-state index contributed by atoms with van der Waals surface area (Å²) in [7, 11) is 1.93. The number of halogens is 1. The van der Waals surface area contributed by atoms with E-state index in [1.54, 1.807) is 0 Å². The van der Waals surface area contributed by atoms with Crippen LogP contribution in [0, 0.1) is 5.92 Å². The van der Waals surface area contributed by atoms with Crippen molar-refractivity contribution in [2.75, 3.05) is 18.4 Å². The van der Waals surface area contributed by atoms with Crippen molar-refractivity contribution >= 4 is 23.2 Å². The van der Waals surface area contributed by atoms with Crippen molar-refractivity contribution in [1.29, 1.82) is 0 Å². The lowest BCUT2D eigenvalue weighted by molar-refractivity contribution is -0.121. The first-order valence-electron chi connectivity index (χ1n) is 9.93. The maximum Gasteiger partial charge on any atom is 0.227 e. The van der Waals surface area contributed by atoms with Crippen LogP contribution < -0.4 is 5.32 Å². The van der Waals surface area contributed by atoms with Gasteiger partial charge < -0.3 is 5.32 Å². The first kappa shape index (κ1) is 19.7. The minimum atomic E-state index is 0.0509. The van der Waals surface area contributed by atoms with Gasteiger partial charge in [-0.3, -0.25) is 14.4 Å². The number of anilines is 1. The van der Waals surface area contributed by atoms with E-state index in [2.05, 4.69) is 15.3 Å². The number of piperidine rings is 1. The van der Waals surface area contributed by atoms with E-state index in [1.807, 2.05) is 72.7 Å². The summed E-state index contributed by atoms with van der Waals surface area (Å²) in [4.78, 5) is 15.2. The molecule has 2 aromatic carbocycles. The number of carbonyl (C=O) groups is 1. The zero-order valence-electron chi connectivity index (χ0n) is 16.5. The van der Waals surface area contributed by atoms with Crippen molar-refractivity contribution in [3.8, 4) is 11.1 Å². The number of nitrogens with one attached hydrogen (secondary N) is 1. The number of hydrogen-bond donors (Lipinski definition) is 1. The van der Waals surface area contributed by atoms with Crippen LogP contribution in [0.25, 0.3) is 11.1 Å². The van der Waals surface area contributed by atoms with Crippen LogP contribution in [0.2, 0.25) is 5.02 Å². The van der Waals surface area contributed by atoms with Gasteiger partial charge in [0.25, 0.3) is 0 Å². The molecule has 0 spiro atoms. The Labute approximate surface area is 176 Å². The van der Waals surface area contributed by atoms with Gasteiger partial charge in [-0.1, -0.05) is 35.9 Å². The van der Waals surface area contributed by atoms with Gasteiger partial charge in [0, 0.05) is 42.0 Å². The number of amides is 1. The third-order valence-corrected chi connectivity index (χ3v) is 5.65. The number of hydrogen-bond acceptors (Lipinski definition) is 3. The third kappa shape index (κ3) is 5.05. The van der Waals surface area contributed by atoms with Crippen LogP contribution in [0.3, 0.4) is 0 Å². The number of carbonyl (C=O) groups excluding carboxylic acids is 1. The van der Waals surface area contributed by atoms with Gasteiger partial charge in [0.05, 0.1) is 6.20 Å². The fourth-order valence-corrected chi connectivity index (χ4v) is 4.04. The van der Waals surface area contributed by atoms with Crippen LogP contribution in [0.5, 0.6) is 0 Å². The molecule has 0 aliphatic carbocycles. The first-order valence-corrected chi connectivity index (χ1v) is 10.3. The summed E-state index contributed by atoms with van der Waals surface area (Å²) < 4.78 is 1.83. The normalized spacial score (nSPS) is 15.4. The molecule has 3 aromatic rings. The molecule has 1 aromatic heterocycles. The highest BCUT2D eigenvalue weighted by Gasteiger charge is 2.25. The Bertz CT molecular complexity index is 992. The number of aromatic nitrogens is 2. The molecule has 1 saturated heterocycles. The van der Waals surface area contributed by atoms with Crippen LogP contribution in [-0.2, 0) is 18.4 Å². The molecule has 6 heteroatoms. The van der Waals surface area contributed by atoms with Crippen LogP contribution in [0.15, 0.2) is 60.9 Å². The van der Waals surface area contributed by atoms with Gasteiger partial charge in [-0.05, 0) is 61.3 Å². The van der Waals surface area contributed by atoms with Crippen molar-refractivity contribution in [3.63, 3.8) is 0 Å². The molecule has 0 radical (unpaired) electrons. The molecule has 2 heterocycles. The zero-order chi connectivity index (χ0) is 20.2. The Morgan fingerprint density at radius 3 is 2.55 bits per heavy atom. The van der Waals surface area contributed by atoms with E-state index in [4.69, 9.17) is 11.6 Å². The van der Waals surface area contributed by atoms with Gasteiger partial charge in [0.15, 0.2) is 0 Å². The number of aryl methyl sites for hydroxylation is 1. The van der Waals surface area contributed by atoms with Gasteiger partial charge >= 0.3 is 0 Å². The Kier molecular flexibility index (Phi) is 5.97. The van der Waals surface area contributed by atoms with Crippen LogP contribution in [0.4, 0.5) is 5.69 Å². The molecule has 1 amide bonds. The Morgan fingerprint density at radius 1 is 1.14 bits per heavy atom. The van der Waals surface area contributed by atoms with Gasteiger partial charge in [-0.2, -0.15) is 5.10 Å². The van der Waals surface area contributed by atoms with Crippen molar-refractivity contribution in [2.45, 2.75) is 19.4 Å². The minimum absolute atomic E-state index is 0.0509. The zero-order valence-corrected chi connectivity index (χ0v) is 17.3. The Hall–Kier alpha value is -2.63. The lowest BCUT2D eigenvalue weighted by atomic mass is 9.95.